The van der Waals surface area contributed by atoms with Crippen molar-refractivity contribution in [1.82, 2.24) is 31.1 Å². The molecule has 1 aromatic carbocycles. The third kappa shape index (κ3) is 10.3. The smallest absolute Gasteiger partial charge is 0.407 e. The monoisotopic (exact) mass is 726 g/mol. The van der Waals surface area contributed by atoms with Gasteiger partial charge in [0.05, 0.1) is 19.2 Å². The van der Waals surface area contributed by atoms with Crippen LogP contribution in [0.25, 0.3) is 0 Å². The van der Waals surface area contributed by atoms with E-state index in [1.807, 2.05) is 55.4 Å². The van der Waals surface area contributed by atoms with Crippen LogP contribution in [0, 0.1) is 28.6 Å². The Kier molecular flexibility index (Phi) is 14.0. The Morgan fingerprint density at radius 2 is 1.62 bits per heavy atom. The molecule has 52 heavy (non-hydrogen) atoms. The van der Waals surface area contributed by atoms with Crippen LogP contribution in [0.5, 0.6) is 0 Å². The molecule has 1 aliphatic carbocycles. The first-order chi connectivity index (χ1) is 24.2. The Labute approximate surface area is 307 Å². The zero-order valence-electron chi connectivity index (χ0n) is 32.3. The summed E-state index contributed by atoms with van der Waals surface area (Å²) < 4.78 is 5.29. The summed E-state index contributed by atoms with van der Waals surface area (Å²) in [6, 6.07) is 4.51. The second kappa shape index (κ2) is 17.4. The highest BCUT2D eigenvalue weighted by molar-refractivity contribution is 6.38. The van der Waals surface area contributed by atoms with E-state index >= 15 is 0 Å². The van der Waals surface area contributed by atoms with Gasteiger partial charge < -0.3 is 35.8 Å². The number of amides is 6. The normalized spacial score (nSPS) is 20.4. The lowest BCUT2D eigenvalue weighted by Gasteiger charge is -2.37. The van der Waals surface area contributed by atoms with Crippen LogP contribution in [-0.2, 0) is 33.5 Å². The van der Waals surface area contributed by atoms with E-state index in [0.717, 1.165) is 0 Å². The van der Waals surface area contributed by atoms with Crippen molar-refractivity contribution >= 4 is 41.4 Å². The van der Waals surface area contributed by atoms with Crippen LogP contribution in [0.1, 0.15) is 86.3 Å². The van der Waals surface area contributed by atoms with Gasteiger partial charge in [-0.2, -0.15) is 0 Å². The second-order valence-electron chi connectivity index (χ2n) is 16.2. The lowest BCUT2D eigenvalue weighted by Crippen LogP contribution is -2.60. The summed E-state index contributed by atoms with van der Waals surface area (Å²) in [7, 11) is 3.12. The lowest BCUT2D eigenvalue weighted by molar-refractivity contribution is -0.145. The number of piperidine rings is 1. The average molecular weight is 727 g/mol. The molecule has 1 aliphatic heterocycles. The van der Waals surface area contributed by atoms with E-state index in [9.17, 15) is 33.6 Å². The first-order valence-electron chi connectivity index (χ1n) is 18.1. The number of ketones is 1. The predicted octanol–water partition coefficient (Wildman–Crippen LogP) is 2.57. The Morgan fingerprint density at radius 3 is 2.17 bits per heavy atom. The molecule has 1 saturated heterocycles. The van der Waals surface area contributed by atoms with Gasteiger partial charge in [0, 0.05) is 20.6 Å². The van der Waals surface area contributed by atoms with Gasteiger partial charge in [-0.3, -0.25) is 28.8 Å². The molecule has 288 valence electrons. The van der Waals surface area contributed by atoms with Crippen molar-refractivity contribution < 1.29 is 38.3 Å². The Balaban J connectivity index is 1.74. The van der Waals surface area contributed by atoms with Crippen molar-refractivity contribution in [2.45, 2.75) is 98.8 Å². The van der Waals surface area contributed by atoms with Gasteiger partial charge in [0.15, 0.2) is 0 Å². The summed E-state index contributed by atoms with van der Waals surface area (Å²) in [4.78, 5) is 96.0. The van der Waals surface area contributed by atoms with Crippen molar-refractivity contribution in [3.8, 4) is 0 Å². The van der Waals surface area contributed by atoms with Gasteiger partial charge in [-0.1, -0.05) is 98.6 Å². The molecule has 1 heterocycles. The minimum Gasteiger partial charge on any atom is -0.449 e. The summed E-state index contributed by atoms with van der Waals surface area (Å²) in [6.07, 6.45) is 0.648. The van der Waals surface area contributed by atoms with Crippen LogP contribution in [-0.4, -0.2) is 103 Å². The van der Waals surface area contributed by atoms with E-state index in [2.05, 4.69) is 21.3 Å². The quantitative estimate of drug-likeness (QED) is 0.188. The lowest BCUT2D eigenvalue weighted by atomic mass is 9.85. The topological polar surface area (TPSA) is 183 Å². The summed E-state index contributed by atoms with van der Waals surface area (Å²) >= 11 is 0. The molecule has 3 rings (SSSR count). The maximum atomic E-state index is 14.1. The standard InChI is InChI=1S/C38H58N6O8/c1-11-12-18-25(30(46)33(48)39-19-26(45)41-28(34(49)43(9)10)23-16-14-13-15-17-23)40-32(47)29-27-24(38(27,7)8)20-44(29)35(50)31(37(4,5)6)42-36(51)52-21-22(2)3/h13-17,22,24-25,27-29,31H,11-12,18-21H2,1-10H3,(H,39,48)(H,40,47)(H,41,45)(H,42,51)/t24-,25?,27-,28-,29-,31+/m0/s1. The third-order valence-electron chi connectivity index (χ3n) is 9.92. The average Bonchev–Trinajstić information content (AvgIpc) is 3.38. The number of nitrogens with zero attached hydrogens (tertiary/aromatic N) is 2. The van der Waals surface area contributed by atoms with E-state index in [1.54, 1.807) is 44.4 Å². The Bertz CT molecular complexity index is 1490. The van der Waals surface area contributed by atoms with Crippen LogP contribution >= 0.6 is 0 Å². The van der Waals surface area contributed by atoms with Gasteiger partial charge in [-0.15, -0.1) is 0 Å². The number of likely N-dealkylation sites (N-methyl/N-ethyl adjacent to an activating group) is 1. The molecule has 2 aliphatic rings. The van der Waals surface area contributed by atoms with E-state index in [1.165, 1.54) is 9.80 Å². The number of benzene rings is 1. The van der Waals surface area contributed by atoms with Crippen molar-refractivity contribution in [2.24, 2.45) is 28.6 Å². The maximum absolute atomic E-state index is 14.1. The zero-order valence-corrected chi connectivity index (χ0v) is 32.3. The first-order valence-corrected chi connectivity index (χ1v) is 18.1. The molecule has 0 bridgehead atoms. The highest BCUT2D eigenvalue weighted by atomic mass is 16.5. The maximum Gasteiger partial charge on any atom is 0.407 e. The number of fused-ring (bicyclic) bond motifs is 1. The number of carbonyl (C=O) groups excluding carboxylic acids is 7. The van der Waals surface area contributed by atoms with Gasteiger partial charge in [-0.05, 0) is 40.6 Å². The number of nitrogens with one attached hydrogen (secondary N) is 4. The van der Waals surface area contributed by atoms with E-state index in [4.69, 9.17) is 4.74 Å². The predicted molar refractivity (Wildman–Crippen MR) is 194 cm³/mol. The number of carbonyl (C=O) groups is 7. The molecule has 1 saturated carbocycles. The fourth-order valence-corrected chi connectivity index (χ4v) is 6.77. The van der Waals surface area contributed by atoms with Crippen LogP contribution < -0.4 is 21.3 Å². The Hall–Kier alpha value is -4.49. The van der Waals surface area contributed by atoms with Crippen molar-refractivity contribution in [3.05, 3.63) is 35.9 Å². The third-order valence-corrected chi connectivity index (χ3v) is 9.92. The van der Waals surface area contributed by atoms with Gasteiger partial charge in [-0.25, -0.2) is 4.79 Å². The van der Waals surface area contributed by atoms with Crippen LogP contribution in [0.15, 0.2) is 30.3 Å². The molecule has 1 unspecified atom stereocenters. The highest BCUT2D eigenvalue weighted by Gasteiger charge is 2.70. The van der Waals surface area contributed by atoms with Crippen molar-refractivity contribution in [3.63, 3.8) is 0 Å². The number of unbranched alkanes of at least 4 members (excludes halogenated alkanes) is 1. The van der Waals surface area contributed by atoms with Gasteiger partial charge in [0.25, 0.3) is 5.91 Å². The SMILES string of the molecule is CCCCC(NC(=O)[C@@H]1[C@@H]2[C@H](CN1C(=O)[C@@H](NC(=O)OCC(C)C)C(C)(C)C)C2(C)C)C(=O)C(=O)NCC(=O)N[C@H](C(=O)N(C)C)c1ccccc1. The number of rotatable bonds is 16. The molecule has 0 spiro atoms. The molecule has 0 radical (unpaired) electrons. The molecule has 14 heteroatoms. The summed E-state index contributed by atoms with van der Waals surface area (Å²) in [5, 5.41) is 10.4. The van der Waals surface area contributed by atoms with Crippen molar-refractivity contribution in [1.29, 1.82) is 0 Å². The molecule has 14 nitrogen and oxygen atoms in total. The molecule has 6 atom stereocenters. The number of hydrogen-bond acceptors (Lipinski definition) is 8. The van der Waals surface area contributed by atoms with E-state index in [-0.39, 0.29) is 42.1 Å². The number of alkyl carbamates (subject to hydrolysis) is 1. The molecular formula is C38H58N6O8. The van der Waals surface area contributed by atoms with Gasteiger partial charge in [0.2, 0.25) is 29.4 Å². The van der Waals surface area contributed by atoms with Crippen LogP contribution in [0.3, 0.4) is 0 Å². The first kappa shape index (κ1) is 41.9. The molecule has 6 amide bonds. The number of ether oxygens (including phenoxy) is 1. The van der Waals surface area contributed by atoms with Crippen molar-refractivity contribution in [2.75, 3.05) is 33.8 Å². The minimum atomic E-state index is -1.21. The molecule has 2 fully saturated rings. The molecule has 0 aromatic heterocycles. The molecule has 1 aromatic rings. The fraction of sp³-hybridized carbons (Fsp3) is 0.658. The van der Waals surface area contributed by atoms with Crippen LogP contribution in [0.2, 0.25) is 0 Å². The highest BCUT2D eigenvalue weighted by Crippen LogP contribution is 2.65. The van der Waals surface area contributed by atoms with Crippen LogP contribution in [0.4, 0.5) is 4.79 Å². The zero-order chi connectivity index (χ0) is 39.1. The summed E-state index contributed by atoms with van der Waals surface area (Å²) in [5.41, 5.74) is -0.406. The summed E-state index contributed by atoms with van der Waals surface area (Å²) in [6.45, 7) is 15.1. The fourth-order valence-electron chi connectivity index (χ4n) is 6.77. The number of likely N-dealkylation sites (tertiary alicyclic amines) is 1. The number of Topliss-reactive ketones (excluding diaryl/α,β-unsaturated/α-hetero) is 1. The Morgan fingerprint density at radius 1 is 0.981 bits per heavy atom. The largest absolute Gasteiger partial charge is 0.449 e. The van der Waals surface area contributed by atoms with E-state index < -0.39 is 71.6 Å². The molecular weight excluding hydrogens is 668 g/mol. The van der Waals surface area contributed by atoms with E-state index in [0.29, 0.717) is 24.9 Å². The minimum absolute atomic E-state index is 0.0337. The van der Waals surface area contributed by atoms with Gasteiger partial charge in [0.1, 0.15) is 18.1 Å². The van der Waals surface area contributed by atoms with Gasteiger partial charge >= 0.3 is 6.09 Å². The summed E-state index contributed by atoms with van der Waals surface area (Å²) in [5.74, 6) is -4.09. The number of hydrogen-bond donors (Lipinski definition) is 4. The second-order valence-corrected chi connectivity index (χ2v) is 16.2. The molecule has 4 N–H and O–H groups in total.